The van der Waals surface area contributed by atoms with Gasteiger partial charge in [-0.1, -0.05) is 146 Å². The molecule has 12 rings (SSSR count). The minimum Gasteiger partial charge on any atom is -0.484 e. The molecule has 278 valence electrons. The molecule has 0 spiro atoms. The van der Waals surface area contributed by atoms with Crippen LogP contribution in [-0.4, -0.2) is 6.10 Å². The summed E-state index contributed by atoms with van der Waals surface area (Å²) >= 11 is 1.86. The molecule has 9 aromatic carbocycles. The normalized spacial score (nSPS) is 15.6. The van der Waals surface area contributed by atoms with Gasteiger partial charge in [-0.3, -0.25) is 0 Å². The van der Waals surface area contributed by atoms with E-state index in [0.717, 1.165) is 28.2 Å². The number of hydrogen-bond acceptors (Lipinski definition) is 3. The van der Waals surface area contributed by atoms with Gasteiger partial charge in [0.15, 0.2) is 0 Å². The predicted molar refractivity (Wildman–Crippen MR) is 251 cm³/mol. The lowest BCUT2D eigenvalue weighted by atomic mass is 9.82. The lowest BCUT2D eigenvalue weighted by Crippen LogP contribution is -2.21. The molecule has 1 aromatic heterocycles. The van der Waals surface area contributed by atoms with Gasteiger partial charge in [0.05, 0.1) is 0 Å². The van der Waals surface area contributed by atoms with E-state index in [1.807, 2.05) is 11.3 Å². The molecule has 59 heavy (non-hydrogen) atoms. The summed E-state index contributed by atoms with van der Waals surface area (Å²) in [5.41, 5.74) is 11.8. The summed E-state index contributed by atoms with van der Waals surface area (Å²) in [4.78, 5) is 2.34. The minimum absolute atomic E-state index is 0.111. The van der Waals surface area contributed by atoms with Crippen LogP contribution >= 0.6 is 11.3 Å². The fourth-order valence-corrected chi connectivity index (χ4v) is 10.4. The summed E-state index contributed by atoms with van der Waals surface area (Å²) in [6, 6.07) is 70.7. The van der Waals surface area contributed by atoms with Gasteiger partial charge in [-0.15, -0.1) is 11.3 Å². The molecular formula is C56H37NOS. The maximum atomic E-state index is 7.03. The molecule has 0 fully saturated rings. The number of allylic oxidation sites excluding steroid dienone is 2. The van der Waals surface area contributed by atoms with E-state index >= 15 is 0 Å². The van der Waals surface area contributed by atoms with Crippen molar-refractivity contribution in [1.29, 1.82) is 0 Å². The molecule has 0 saturated heterocycles. The molecule has 3 heteroatoms. The number of nitrogens with zero attached hydrogens (tertiary/aromatic N) is 1. The van der Waals surface area contributed by atoms with Crippen molar-refractivity contribution >= 4 is 75.7 Å². The predicted octanol–water partition coefficient (Wildman–Crippen LogP) is 15.7. The van der Waals surface area contributed by atoms with E-state index in [9.17, 15) is 0 Å². The Hall–Kier alpha value is -7.20. The molecular weight excluding hydrogens is 735 g/mol. The van der Waals surface area contributed by atoms with E-state index in [-0.39, 0.29) is 12.0 Å². The highest BCUT2D eigenvalue weighted by molar-refractivity contribution is 7.25. The van der Waals surface area contributed by atoms with Gasteiger partial charge in [-0.05, 0) is 111 Å². The molecule has 2 heterocycles. The number of hydrogen-bond donors (Lipinski definition) is 0. The Morgan fingerprint density at radius 1 is 0.441 bits per heavy atom. The Morgan fingerprint density at radius 3 is 1.88 bits per heavy atom. The Morgan fingerprint density at radius 2 is 1.07 bits per heavy atom. The van der Waals surface area contributed by atoms with Gasteiger partial charge in [0.1, 0.15) is 11.9 Å². The Balaban J connectivity index is 0.868. The minimum atomic E-state index is -0.111. The molecule has 0 saturated carbocycles. The molecule has 0 amide bonds. The van der Waals surface area contributed by atoms with Crippen LogP contribution in [0, 0.1) is 0 Å². The molecule has 0 radical (unpaired) electrons. The molecule has 10 aromatic rings. The fraction of sp³-hybridized carbons (Fsp3) is 0.0357. The zero-order chi connectivity index (χ0) is 38.9. The summed E-state index contributed by atoms with van der Waals surface area (Å²) in [7, 11) is 0. The van der Waals surface area contributed by atoms with Crippen molar-refractivity contribution in [2.75, 3.05) is 4.90 Å². The number of benzene rings is 9. The van der Waals surface area contributed by atoms with Crippen molar-refractivity contribution in [2.45, 2.75) is 12.0 Å². The van der Waals surface area contributed by atoms with Gasteiger partial charge < -0.3 is 9.64 Å². The van der Waals surface area contributed by atoms with Crippen molar-refractivity contribution < 1.29 is 4.74 Å². The van der Waals surface area contributed by atoms with Crippen LogP contribution in [0.15, 0.2) is 212 Å². The number of thiophene rings is 1. The second-order valence-electron chi connectivity index (χ2n) is 15.6. The first-order valence-corrected chi connectivity index (χ1v) is 21.1. The second kappa shape index (κ2) is 13.7. The van der Waals surface area contributed by atoms with Crippen LogP contribution in [0.4, 0.5) is 17.1 Å². The van der Waals surface area contributed by atoms with Crippen molar-refractivity contribution in [2.24, 2.45) is 0 Å². The van der Waals surface area contributed by atoms with Gasteiger partial charge in [-0.2, -0.15) is 0 Å². The Kier molecular flexibility index (Phi) is 7.89. The first-order chi connectivity index (χ1) is 29.2. The third kappa shape index (κ3) is 5.69. The summed E-state index contributed by atoms with van der Waals surface area (Å²) in [5, 5.41) is 7.52. The van der Waals surface area contributed by atoms with Crippen molar-refractivity contribution in [3.8, 4) is 28.0 Å². The monoisotopic (exact) mass is 771 g/mol. The van der Waals surface area contributed by atoms with E-state index in [0.29, 0.717) is 0 Å². The third-order valence-corrected chi connectivity index (χ3v) is 13.4. The van der Waals surface area contributed by atoms with Crippen LogP contribution in [0.5, 0.6) is 5.75 Å². The topological polar surface area (TPSA) is 12.5 Å². The third-order valence-electron chi connectivity index (χ3n) is 12.2. The number of ether oxygens (including phenoxy) is 1. The van der Waals surface area contributed by atoms with Crippen molar-refractivity contribution in [3.63, 3.8) is 0 Å². The van der Waals surface area contributed by atoms with E-state index in [2.05, 4.69) is 217 Å². The molecule has 2 atom stereocenters. The zero-order valence-electron chi connectivity index (χ0n) is 32.1. The SMILES string of the molecule is C1=CC2c3cc(-c4ccc5ccccc5c4)c4ccccc4c3OC2C(c2ccc(N(c3ccccc3)c3ccc(-c4ccc5sc6ccccc6c5c4)cc3)cc2)=C1. The van der Waals surface area contributed by atoms with Crippen LogP contribution in [0.1, 0.15) is 17.0 Å². The van der Waals surface area contributed by atoms with E-state index in [1.165, 1.54) is 75.3 Å². The molecule has 0 N–H and O–H groups in total. The van der Waals surface area contributed by atoms with Crippen LogP contribution in [-0.2, 0) is 0 Å². The smallest absolute Gasteiger partial charge is 0.135 e. The highest BCUT2D eigenvalue weighted by Gasteiger charge is 2.38. The Bertz CT molecular complexity index is 3300. The van der Waals surface area contributed by atoms with Gasteiger partial charge >= 0.3 is 0 Å². The summed E-state index contributed by atoms with van der Waals surface area (Å²) in [6.07, 6.45) is 6.65. The van der Waals surface area contributed by atoms with Crippen LogP contribution in [0.3, 0.4) is 0 Å². The van der Waals surface area contributed by atoms with E-state index < -0.39 is 0 Å². The average molecular weight is 772 g/mol. The molecule has 2 unspecified atom stereocenters. The largest absolute Gasteiger partial charge is 0.484 e. The first-order valence-electron chi connectivity index (χ1n) is 20.3. The van der Waals surface area contributed by atoms with E-state index in [4.69, 9.17) is 4.74 Å². The van der Waals surface area contributed by atoms with Gasteiger partial charge in [0, 0.05) is 59.7 Å². The molecule has 2 nitrogen and oxygen atoms in total. The number of anilines is 3. The summed E-state index contributed by atoms with van der Waals surface area (Å²) in [6.45, 7) is 0. The first kappa shape index (κ1) is 33.9. The van der Waals surface area contributed by atoms with Crippen LogP contribution < -0.4 is 9.64 Å². The number of fused-ring (bicyclic) bond motifs is 9. The molecule has 1 aliphatic carbocycles. The maximum Gasteiger partial charge on any atom is 0.135 e. The second-order valence-corrected chi connectivity index (χ2v) is 16.7. The lowest BCUT2D eigenvalue weighted by Gasteiger charge is -2.27. The Labute approximate surface area is 347 Å². The summed E-state index contributed by atoms with van der Waals surface area (Å²) in [5.74, 6) is 1.11. The highest BCUT2D eigenvalue weighted by atomic mass is 32.1. The number of para-hydroxylation sites is 1. The highest BCUT2D eigenvalue weighted by Crippen LogP contribution is 2.51. The zero-order valence-corrected chi connectivity index (χ0v) is 32.9. The average Bonchev–Trinajstić information content (AvgIpc) is 3.88. The molecule has 2 aliphatic rings. The van der Waals surface area contributed by atoms with Gasteiger partial charge in [0.2, 0.25) is 0 Å². The standard InChI is InChI=1S/C56H37NOS/c1-2-13-42(14-3-1)57(43-28-23-37(24-29-43)40-27-32-54-51(34-40)47-16-8-9-20-53(47)59-54)44-30-25-38(26-31-44)45-18-10-19-49-52-35-50(41-22-21-36-11-4-5-12-39(36)33-41)46-15-6-7-17-48(46)56(52)58-55(45)49/h1-35,49,55H. The van der Waals surface area contributed by atoms with Gasteiger partial charge in [0.25, 0.3) is 0 Å². The van der Waals surface area contributed by atoms with Crippen molar-refractivity contribution in [1.82, 2.24) is 0 Å². The van der Waals surface area contributed by atoms with E-state index in [1.54, 1.807) is 0 Å². The molecule has 1 aliphatic heterocycles. The van der Waals surface area contributed by atoms with Crippen molar-refractivity contribution in [3.05, 3.63) is 223 Å². The fourth-order valence-electron chi connectivity index (χ4n) is 9.34. The molecule has 0 bridgehead atoms. The quantitative estimate of drug-likeness (QED) is 0.167. The summed E-state index contributed by atoms with van der Waals surface area (Å²) < 4.78 is 9.68. The maximum absolute atomic E-state index is 7.03. The lowest BCUT2D eigenvalue weighted by molar-refractivity contribution is 0.281. The van der Waals surface area contributed by atoms with Gasteiger partial charge in [-0.25, -0.2) is 0 Å². The van der Waals surface area contributed by atoms with Crippen LogP contribution in [0.2, 0.25) is 0 Å². The number of rotatable bonds is 6. The van der Waals surface area contributed by atoms with Crippen LogP contribution in [0.25, 0.3) is 69.5 Å².